The summed E-state index contributed by atoms with van der Waals surface area (Å²) in [6, 6.07) is 9.77. The predicted octanol–water partition coefficient (Wildman–Crippen LogP) is 2.09. The van der Waals surface area contributed by atoms with Crippen LogP contribution in [0.15, 0.2) is 35.5 Å². The van der Waals surface area contributed by atoms with Gasteiger partial charge in [-0.2, -0.15) is 0 Å². The minimum absolute atomic E-state index is 0.134. The van der Waals surface area contributed by atoms with Gasteiger partial charge in [-0.15, -0.1) is 0 Å². The summed E-state index contributed by atoms with van der Waals surface area (Å²) in [6.45, 7) is 5.68. The van der Waals surface area contributed by atoms with Gasteiger partial charge in [0.25, 0.3) is 0 Å². The third-order valence-electron chi connectivity index (χ3n) is 3.15. The van der Waals surface area contributed by atoms with Crippen molar-refractivity contribution in [1.29, 1.82) is 0 Å². The maximum atomic E-state index is 9.36. The zero-order chi connectivity index (χ0) is 14.6. The first-order chi connectivity index (χ1) is 9.45. The summed E-state index contributed by atoms with van der Waals surface area (Å²) in [4.78, 5) is 5.26. The van der Waals surface area contributed by atoms with Gasteiger partial charge in [-0.25, -0.2) is 0 Å². The summed E-state index contributed by atoms with van der Waals surface area (Å²) in [7, 11) is 0. The van der Waals surface area contributed by atoms with Gasteiger partial charge in [0.1, 0.15) is 18.3 Å². The fourth-order valence-corrected chi connectivity index (χ4v) is 2.23. The number of rotatable bonds is 5. The molecular formula is C15H21NO4. The molecule has 0 spiro atoms. The Labute approximate surface area is 119 Å². The van der Waals surface area contributed by atoms with Crippen molar-refractivity contribution >= 4 is 6.21 Å². The lowest BCUT2D eigenvalue weighted by Crippen LogP contribution is -2.40. The second-order valence-corrected chi connectivity index (χ2v) is 5.47. The summed E-state index contributed by atoms with van der Waals surface area (Å²) < 4.78 is 11.4. The molecule has 5 heteroatoms. The highest BCUT2D eigenvalue weighted by atomic mass is 16.8. The van der Waals surface area contributed by atoms with Crippen LogP contribution in [0.4, 0.5) is 0 Å². The summed E-state index contributed by atoms with van der Waals surface area (Å²) >= 11 is 0. The van der Waals surface area contributed by atoms with E-state index in [2.05, 4.69) is 5.16 Å². The molecule has 1 saturated heterocycles. The average Bonchev–Trinajstić information content (AvgIpc) is 2.65. The van der Waals surface area contributed by atoms with E-state index in [9.17, 15) is 5.11 Å². The van der Waals surface area contributed by atoms with Crippen molar-refractivity contribution in [2.24, 2.45) is 5.16 Å². The predicted molar refractivity (Wildman–Crippen MR) is 75.3 cm³/mol. The zero-order valence-electron chi connectivity index (χ0n) is 12.1. The lowest BCUT2D eigenvalue weighted by atomic mass is 10.0. The van der Waals surface area contributed by atoms with Crippen LogP contribution in [0.1, 0.15) is 26.3 Å². The molecule has 0 radical (unpaired) electrons. The molecule has 2 rings (SSSR count). The maximum absolute atomic E-state index is 9.36. The highest BCUT2D eigenvalue weighted by molar-refractivity contribution is 5.69. The molecule has 1 aliphatic rings. The number of nitrogens with zero attached hydrogens (tertiary/aromatic N) is 1. The van der Waals surface area contributed by atoms with Gasteiger partial charge < -0.3 is 19.4 Å². The monoisotopic (exact) mass is 279 g/mol. The molecule has 1 fully saturated rings. The van der Waals surface area contributed by atoms with Crippen LogP contribution in [0.25, 0.3) is 0 Å². The van der Waals surface area contributed by atoms with Gasteiger partial charge in [0.05, 0.1) is 12.8 Å². The van der Waals surface area contributed by atoms with Gasteiger partial charge in [0.15, 0.2) is 5.79 Å². The van der Waals surface area contributed by atoms with Crippen molar-refractivity contribution in [2.45, 2.75) is 44.9 Å². The number of hydrogen-bond acceptors (Lipinski definition) is 5. The zero-order valence-corrected chi connectivity index (χ0v) is 12.1. The van der Waals surface area contributed by atoms with E-state index in [1.165, 1.54) is 0 Å². The van der Waals surface area contributed by atoms with Crippen LogP contribution >= 0.6 is 0 Å². The second kappa shape index (κ2) is 5.91. The minimum atomic E-state index is -0.797. The summed E-state index contributed by atoms with van der Waals surface area (Å²) in [5, 5.41) is 13.3. The van der Waals surface area contributed by atoms with Gasteiger partial charge >= 0.3 is 0 Å². The van der Waals surface area contributed by atoms with Gasteiger partial charge in [0.2, 0.25) is 0 Å². The molecule has 0 bridgehead atoms. The molecular weight excluding hydrogens is 258 g/mol. The fourth-order valence-electron chi connectivity index (χ4n) is 2.23. The smallest absolute Gasteiger partial charge is 0.164 e. The van der Waals surface area contributed by atoms with E-state index >= 15 is 0 Å². The quantitative estimate of drug-likeness (QED) is 0.662. The molecule has 110 valence electrons. The van der Waals surface area contributed by atoms with Crippen LogP contribution in [0, 0.1) is 0 Å². The second-order valence-electron chi connectivity index (χ2n) is 5.47. The van der Waals surface area contributed by atoms with Crippen molar-refractivity contribution in [3.63, 3.8) is 0 Å². The average molecular weight is 279 g/mol. The molecule has 1 heterocycles. The van der Waals surface area contributed by atoms with Gasteiger partial charge in [-0.05, 0) is 26.3 Å². The number of aliphatic hydroxyl groups is 1. The lowest BCUT2D eigenvalue weighted by Gasteiger charge is -2.22. The molecule has 1 aromatic carbocycles. The first kappa shape index (κ1) is 15.0. The van der Waals surface area contributed by atoms with E-state index < -0.39 is 17.5 Å². The SMILES string of the molecule is CC1(C)O[C@H](CO)[C@](C)(/C=N\OCc2ccccc2)O1. The topological polar surface area (TPSA) is 60.3 Å². The van der Waals surface area contributed by atoms with Crippen molar-refractivity contribution in [2.75, 3.05) is 6.61 Å². The van der Waals surface area contributed by atoms with E-state index in [0.717, 1.165) is 5.56 Å². The van der Waals surface area contributed by atoms with E-state index in [1.54, 1.807) is 20.1 Å². The van der Waals surface area contributed by atoms with Crippen molar-refractivity contribution in [1.82, 2.24) is 0 Å². The Hall–Kier alpha value is -1.43. The van der Waals surface area contributed by atoms with Crippen LogP contribution in [0.2, 0.25) is 0 Å². The number of oxime groups is 1. The molecule has 0 unspecified atom stereocenters. The Morgan fingerprint density at radius 2 is 2.00 bits per heavy atom. The van der Waals surface area contributed by atoms with Crippen LogP contribution in [0.3, 0.4) is 0 Å². The largest absolute Gasteiger partial charge is 0.394 e. The minimum Gasteiger partial charge on any atom is -0.394 e. The molecule has 20 heavy (non-hydrogen) atoms. The molecule has 1 aromatic rings. The highest BCUT2D eigenvalue weighted by Gasteiger charge is 2.49. The fraction of sp³-hybridized carbons (Fsp3) is 0.533. The van der Waals surface area contributed by atoms with Gasteiger partial charge in [-0.1, -0.05) is 35.5 Å². The maximum Gasteiger partial charge on any atom is 0.164 e. The number of aliphatic hydroxyl groups excluding tert-OH is 1. The van der Waals surface area contributed by atoms with Crippen molar-refractivity contribution in [3.05, 3.63) is 35.9 Å². The number of hydrogen-bond donors (Lipinski definition) is 1. The summed E-state index contributed by atoms with van der Waals surface area (Å²) in [6.07, 6.45) is 1.09. The number of benzene rings is 1. The van der Waals surface area contributed by atoms with Crippen LogP contribution < -0.4 is 0 Å². The Balaban J connectivity index is 1.93. The van der Waals surface area contributed by atoms with E-state index in [-0.39, 0.29) is 6.61 Å². The Kier molecular flexibility index (Phi) is 4.42. The summed E-state index contributed by atoms with van der Waals surface area (Å²) in [5.74, 6) is -0.742. The molecule has 5 nitrogen and oxygen atoms in total. The Morgan fingerprint density at radius 3 is 2.65 bits per heavy atom. The van der Waals surface area contributed by atoms with E-state index in [1.807, 2.05) is 37.3 Å². The van der Waals surface area contributed by atoms with Gasteiger partial charge in [-0.3, -0.25) is 0 Å². The van der Waals surface area contributed by atoms with Crippen molar-refractivity contribution < 1.29 is 19.4 Å². The lowest BCUT2D eigenvalue weighted by molar-refractivity contribution is -0.152. The van der Waals surface area contributed by atoms with E-state index in [0.29, 0.717) is 6.61 Å². The van der Waals surface area contributed by atoms with Crippen molar-refractivity contribution in [3.8, 4) is 0 Å². The van der Waals surface area contributed by atoms with Gasteiger partial charge in [0, 0.05) is 0 Å². The Bertz CT molecular complexity index is 460. The Morgan fingerprint density at radius 1 is 1.30 bits per heavy atom. The third kappa shape index (κ3) is 3.56. The first-order valence-corrected chi connectivity index (χ1v) is 6.64. The molecule has 0 aromatic heterocycles. The molecule has 1 aliphatic heterocycles. The standard InChI is InChI=1S/C15H21NO4/c1-14(2)19-13(9-17)15(3,20-14)11-16-18-10-12-7-5-4-6-8-12/h4-8,11,13,17H,9-10H2,1-3H3/b16-11-/t13-,15+/m1/s1. The normalized spacial score (nSPS) is 28.9. The highest BCUT2D eigenvalue weighted by Crippen LogP contribution is 2.34. The van der Waals surface area contributed by atoms with Crippen LogP contribution in [-0.2, 0) is 20.9 Å². The molecule has 0 aliphatic carbocycles. The summed E-state index contributed by atoms with van der Waals surface area (Å²) in [5.41, 5.74) is 0.243. The number of ether oxygens (including phenoxy) is 2. The molecule has 0 amide bonds. The van der Waals surface area contributed by atoms with Crippen LogP contribution in [0.5, 0.6) is 0 Å². The molecule has 2 atom stereocenters. The van der Waals surface area contributed by atoms with E-state index in [4.69, 9.17) is 14.3 Å². The molecule has 1 N–H and O–H groups in total. The first-order valence-electron chi connectivity index (χ1n) is 6.64. The van der Waals surface area contributed by atoms with Crippen LogP contribution in [-0.4, -0.2) is 35.4 Å². The molecule has 0 saturated carbocycles. The third-order valence-corrected chi connectivity index (χ3v) is 3.15.